The van der Waals surface area contributed by atoms with E-state index in [1.807, 2.05) is 6.26 Å². The van der Waals surface area contributed by atoms with Crippen LogP contribution in [-0.4, -0.2) is 28.4 Å². The van der Waals surface area contributed by atoms with Crippen LogP contribution in [0.4, 0.5) is 0 Å². The molecule has 0 amide bonds. The van der Waals surface area contributed by atoms with E-state index in [2.05, 4.69) is 10.3 Å². The van der Waals surface area contributed by atoms with Gasteiger partial charge in [0.05, 0.1) is 19.2 Å². The fraction of sp³-hybridized carbons (Fsp3) is 0.600. The average Bonchev–Trinajstić information content (AvgIpc) is 2.37. The molecule has 1 rings (SSSR count). The highest BCUT2D eigenvalue weighted by molar-refractivity contribution is 7.97. The summed E-state index contributed by atoms with van der Waals surface area (Å²) < 4.78 is 6.56. The molecule has 0 saturated heterocycles. The normalized spacial score (nSPS) is 9.80. The van der Waals surface area contributed by atoms with Crippen molar-refractivity contribution in [3.63, 3.8) is 0 Å². The summed E-state index contributed by atoms with van der Waals surface area (Å²) >= 11 is 1.68. The molecule has 1 aromatic heterocycles. The van der Waals surface area contributed by atoms with Crippen LogP contribution in [0.1, 0.15) is 0 Å². The topological polar surface area (TPSA) is 39.9 Å². The Morgan fingerprint density at radius 3 is 3.10 bits per heavy atom. The minimum Gasteiger partial charge on any atom is -0.479 e. The number of hydrogen-bond donors (Lipinski definition) is 0. The van der Waals surface area contributed by atoms with Crippen molar-refractivity contribution in [3.05, 3.63) is 6.20 Å². The van der Waals surface area contributed by atoms with Crippen LogP contribution in [-0.2, 0) is 5.88 Å². The van der Waals surface area contributed by atoms with Crippen molar-refractivity contribution in [3.8, 4) is 5.88 Å². The number of methoxy groups -OCH3 is 1. The van der Waals surface area contributed by atoms with Crippen molar-refractivity contribution in [2.75, 3.05) is 13.4 Å². The van der Waals surface area contributed by atoms with Crippen LogP contribution in [0.25, 0.3) is 0 Å². The van der Waals surface area contributed by atoms with Gasteiger partial charge in [0.25, 0.3) is 5.88 Å². The van der Waals surface area contributed by atoms with E-state index in [1.54, 1.807) is 29.8 Å². The first-order chi connectivity index (χ1) is 4.86. The second kappa shape index (κ2) is 3.46. The molecule has 0 fully saturated rings. The maximum Gasteiger partial charge on any atom is 0.253 e. The Morgan fingerprint density at radius 1 is 1.80 bits per heavy atom. The monoisotopic (exact) mass is 159 g/mol. The van der Waals surface area contributed by atoms with E-state index in [9.17, 15) is 0 Å². The van der Waals surface area contributed by atoms with Crippen LogP contribution in [0, 0.1) is 0 Å². The first kappa shape index (κ1) is 7.40. The molecule has 5 heteroatoms. The van der Waals surface area contributed by atoms with Crippen LogP contribution in [0.2, 0.25) is 0 Å². The highest BCUT2D eigenvalue weighted by atomic mass is 32.2. The third-order valence-electron chi connectivity index (χ3n) is 0.988. The van der Waals surface area contributed by atoms with Gasteiger partial charge in [-0.25, -0.2) is 4.68 Å². The molecule has 0 aliphatic heterocycles. The largest absolute Gasteiger partial charge is 0.479 e. The molecular weight excluding hydrogens is 150 g/mol. The van der Waals surface area contributed by atoms with Gasteiger partial charge in [-0.15, -0.1) is 11.8 Å². The first-order valence-electron chi connectivity index (χ1n) is 2.80. The summed E-state index contributed by atoms with van der Waals surface area (Å²) in [5, 5.41) is 7.53. The lowest BCUT2D eigenvalue weighted by Gasteiger charge is -1.91. The predicted molar refractivity (Wildman–Crippen MR) is 40.1 cm³/mol. The Morgan fingerprint density at radius 2 is 2.60 bits per heavy atom. The summed E-state index contributed by atoms with van der Waals surface area (Å²) in [5.74, 6) is 1.38. The second-order valence-corrected chi connectivity index (χ2v) is 2.55. The number of ether oxygens (including phenoxy) is 1. The smallest absolute Gasteiger partial charge is 0.253 e. The number of rotatable bonds is 3. The van der Waals surface area contributed by atoms with Crippen LogP contribution >= 0.6 is 11.8 Å². The molecule has 0 saturated carbocycles. The summed E-state index contributed by atoms with van der Waals surface area (Å²) in [6.07, 6.45) is 3.77. The summed E-state index contributed by atoms with van der Waals surface area (Å²) in [6.45, 7) is 0. The average molecular weight is 159 g/mol. The van der Waals surface area contributed by atoms with E-state index < -0.39 is 0 Å². The van der Waals surface area contributed by atoms with Gasteiger partial charge in [0.15, 0.2) is 0 Å². The fourth-order valence-corrected chi connectivity index (χ4v) is 0.960. The molecule has 10 heavy (non-hydrogen) atoms. The van der Waals surface area contributed by atoms with Crippen molar-refractivity contribution in [1.82, 2.24) is 15.0 Å². The predicted octanol–water partition coefficient (Wildman–Crippen LogP) is 0.607. The van der Waals surface area contributed by atoms with Crippen LogP contribution < -0.4 is 4.74 Å². The Bertz CT molecular complexity index is 201. The van der Waals surface area contributed by atoms with Crippen LogP contribution in [0.3, 0.4) is 0 Å². The molecule has 0 bridgehead atoms. The summed E-state index contributed by atoms with van der Waals surface area (Å²) in [4.78, 5) is 0. The van der Waals surface area contributed by atoms with Gasteiger partial charge in [0.2, 0.25) is 0 Å². The zero-order chi connectivity index (χ0) is 7.40. The van der Waals surface area contributed by atoms with E-state index in [0.717, 1.165) is 5.88 Å². The highest BCUT2D eigenvalue weighted by Crippen LogP contribution is 2.04. The molecule has 0 atom stereocenters. The molecule has 4 nitrogen and oxygen atoms in total. The molecule has 0 aromatic carbocycles. The molecule has 0 N–H and O–H groups in total. The highest BCUT2D eigenvalue weighted by Gasteiger charge is 1.96. The van der Waals surface area contributed by atoms with Crippen molar-refractivity contribution in [2.24, 2.45) is 0 Å². The summed E-state index contributed by atoms with van der Waals surface area (Å²) in [5.41, 5.74) is 0. The Hall–Kier alpha value is -0.710. The second-order valence-electron chi connectivity index (χ2n) is 1.72. The minimum absolute atomic E-state index is 0.564. The molecular formula is C5H9N3OS. The van der Waals surface area contributed by atoms with E-state index >= 15 is 0 Å². The standard InChI is InChI=1S/C5H9N3OS/c1-9-5-3-8(4-10-2)7-6-5/h3H,4H2,1-2H3. The number of aromatic nitrogens is 3. The lowest BCUT2D eigenvalue weighted by Crippen LogP contribution is -1.93. The zero-order valence-corrected chi connectivity index (χ0v) is 6.76. The van der Waals surface area contributed by atoms with Crippen molar-refractivity contribution < 1.29 is 4.74 Å². The maximum atomic E-state index is 4.84. The van der Waals surface area contributed by atoms with Gasteiger partial charge in [0.1, 0.15) is 0 Å². The lowest BCUT2D eigenvalue weighted by molar-refractivity contribution is 0.397. The first-order valence-corrected chi connectivity index (χ1v) is 4.19. The Kier molecular flexibility index (Phi) is 2.56. The van der Waals surface area contributed by atoms with Crippen LogP contribution in [0.15, 0.2) is 6.20 Å². The van der Waals surface area contributed by atoms with Gasteiger partial charge >= 0.3 is 0 Å². The van der Waals surface area contributed by atoms with E-state index in [1.165, 1.54) is 0 Å². The molecule has 0 spiro atoms. The Balaban J connectivity index is 2.59. The van der Waals surface area contributed by atoms with E-state index in [4.69, 9.17) is 4.74 Å². The van der Waals surface area contributed by atoms with Crippen LogP contribution in [0.5, 0.6) is 5.88 Å². The Labute approximate surface area is 63.6 Å². The van der Waals surface area contributed by atoms with Gasteiger partial charge < -0.3 is 4.74 Å². The molecule has 0 unspecified atom stereocenters. The number of nitrogens with zero attached hydrogens (tertiary/aromatic N) is 3. The lowest BCUT2D eigenvalue weighted by atomic mass is 10.8. The number of thioether (sulfide) groups is 1. The summed E-state index contributed by atoms with van der Waals surface area (Å²) in [6, 6.07) is 0. The zero-order valence-electron chi connectivity index (χ0n) is 5.94. The minimum atomic E-state index is 0.564. The maximum absolute atomic E-state index is 4.84. The molecule has 0 aliphatic carbocycles. The third kappa shape index (κ3) is 1.63. The molecule has 0 aliphatic rings. The van der Waals surface area contributed by atoms with E-state index in [-0.39, 0.29) is 0 Å². The molecule has 0 radical (unpaired) electrons. The third-order valence-corrected chi connectivity index (χ3v) is 1.51. The molecule has 1 heterocycles. The van der Waals surface area contributed by atoms with Crippen molar-refractivity contribution in [1.29, 1.82) is 0 Å². The van der Waals surface area contributed by atoms with Gasteiger partial charge in [0, 0.05) is 0 Å². The summed E-state index contributed by atoms with van der Waals surface area (Å²) in [7, 11) is 1.58. The fourth-order valence-electron chi connectivity index (χ4n) is 0.570. The number of hydrogen-bond acceptors (Lipinski definition) is 4. The van der Waals surface area contributed by atoms with Gasteiger partial charge in [-0.05, 0) is 6.26 Å². The van der Waals surface area contributed by atoms with E-state index in [0.29, 0.717) is 5.88 Å². The molecule has 1 aromatic rings. The van der Waals surface area contributed by atoms with Crippen molar-refractivity contribution >= 4 is 11.8 Å². The van der Waals surface area contributed by atoms with Gasteiger partial charge in [-0.1, -0.05) is 10.3 Å². The molecule has 56 valence electrons. The van der Waals surface area contributed by atoms with Gasteiger partial charge in [-0.2, -0.15) is 0 Å². The SMILES string of the molecule is COc1cn(CSC)nn1. The quantitative estimate of drug-likeness (QED) is 0.647. The van der Waals surface area contributed by atoms with Gasteiger partial charge in [-0.3, -0.25) is 0 Å². The van der Waals surface area contributed by atoms with Crippen molar-refractivity contribution in [2.45, 2.75) is 5.88 Å².